The fourth-order valence-corrected chi connectivity index (χ4v) is 4.10. The number of anilines is 1. The van der Waals surface area contributed by atoms with E-state index in [-0.39, 0.29) is 5.91 Å². The molecule has 0 radical (unpaired) electrons. The predicted molar refractivity (Wildman–Crippen MR) is 120 cm³/mol. The molecule has 0 spiro atoms. The second-order valence-corrected chi connectivity index (χ2v) is 7.72. The number of rotatable bonds is 6. The Balaban J connectivity index is 1.56. The van der Waals surface area contributed by atoms with Gasteiger partial charge in [-0.05, 0) is 36.8 Å². The summed E-state index contributed by atoms with van der Waals surface area (Å²) in [5, 5.41) is 3.53. The first kappa shape index (κ1) is 19.8. The van der Waals surface area contributed by atoms with Crippen molar-refractivity contribution in [2.75, 3.05) is 5.32 Å². The van der Waals surface area contributed by atoms with Crippen LogP contribution in [-0.2, 0) is 9.53 Å². The van der Waals surface area contributed by atoms with Gasteiger partial charge in [-0.15, -0.1) is 11.3 Å². The van der Waals surface area contributed by atoms with Crippen molar-refractivity contribution < 1.29 is 14.3 Å². The van der Waals surface area contributed by atoms with E-state index < -0.39 is 12.1 Å². The summed E-state index contributed by atoms with van der Waals surface area (Å²) in [6.07, 6.45) is -0.519. The molecule has 3 aromatic carbocycles. The standard InChI is InChI=1S/C24H20N2O3S/c1-2-20(22(27)25-16-10-4-3-5-11-16)29-24(28)18-13-7-6-12-17(18)23-26-19-14-8-9-15-21(19)30-23/h3-15,20H,2H2,1H3,(H,25,27). The summed E-state index contributed by atoms with van der Waals surface area (Å²) in [5.74, 6) is -0.894. The molecule has 150 valence electrons. The zero-order valence-corrected chi connectivity index (χ0v) is 17.2. The van der Waals surface area contributed by atoms with Gasteiger partial charge in [-0.2, -0.15) is 0 Å². The highest BCUT2D eigenvalue weighted by Gasteiger charge is 2.24. The molecule has 0 saturated heterocycles. The number of nitrogens with one attached hydrogen (secondary N) is 1. The number of hydrogen-bond donors (Lipinski definition) is 1. The van der Waals surface area contributed by atoms with Crippen molar-refractivity contribution in [2.24, 2.45) is 0 Å². The van der Waals surface area contributed by atoms with E-state index in [9.17, 15) is 9.59 Å². The number of hydrogen-bond acceptors (Lipinski definition) is 5. The van der Waals surface area contributed by atoms with Crippen molar-refractivity contribution in [3.05, 3.63) is 84.4 Å². The van der Waals surface area contributed by atoms with Crippen LogP contribution < -0.4 is 5.32 Å². The van der Waals surface area contributed by atoms with Crippen LogP contribution >= 0.6 is 11.3 Å². The third-order valence-corrected chi connectivity index (χ3v) is 5.69. The van der Waals surface area contributed by atoms with E-state index in [0.717, 1.165) is 15.2 Å². The molecule has 30 heavy (non-hydrogen) atoms. The minimum absolute atomic E-state index is 0.352. The van der Waals surface area contributed by atoms with Crippen molar-refractivity contribution >= 4 is 39.1 Å². The number of nitrogens with zero attached hydrogens (tertiary/aromatic N) is 1. The Morgan fingerprint density at radius 1 is 0.967 bits per heavy atom. The Morgan fingerprint density at radius 2 is 1.67 bits per heavy atom. The SMILES string of the molecule is CCC(OC(=O)c1ccccc1-c1nc2ccccc2s1)C(=O)Nc1ccccc1. The molecule has 1 unspecified atom stereocenters. The van der Waals surface area contributed by atoms with E-state index in [1.54, 1.807) is 24.3 Å². The van der Waals surface area contributed by atoms with Crippen LogP contribution in [0, 0.1) is 0 Å². The highest BCUT2D eigenvalue weighted by atomic mass is 32.1. The van der Waals surface area contributed by atoms with Crippen LogP contribution in [0.3, 0.4) is 0 Å². The second-order valence-electron chi connectivity index (χ2n) is 6.69. The zero-order chi connectivity index (χ0) is 20.9. The summed E-state index contributed by atoms with van der Waals surface area (Å²) in [4.78, 5) is 30.2. The molecule has 6 heteroatoms. The molecule has 1 aromatic heterocycles. The van der Waals surface area contributed by atoms with Crippen LogP contribution in [0.15, 0.2) is 78.9 Å². The number of para-hydroxylation sites is 2. The maximum absolute atomic E-state index is 13.0. The fourth-order valence-electron chi connectivity index (χ4n) is 3.09. The minimum Gasteiger partial charge on any atom is -0.449 e. The number of thiazole rings is 1. The van der Waals surface area contributed by atoms with Crippen molar-refractivity contribution in [3.8, 4) is 10.6 Å². The van der Waals surface area contributed by atoms with E-state index >= 15 is 0 Å². The third-order valence-electron chi connectivity index (χ3n) is 4.63. The number of esters is 1. The quantitative estimate of drug-likeness (QED) is 0.419. The summed E-state index contributed by atoms with van der Waals surface area (Å²) in [7, 11) is 0. The highest BCUT2D eigenvalue weighted by Crippen LogP contribution is 2.32. The third kappa shape index (κ3) is 4.23. The van der Waals surface area contributed by atoms with E-state index in [4.69, 9.17) is 4.74 Å². The first-order valence-electron chi connectivity index (χ1n) is 9.67. The summed E-state index contributed by atoms with van der Waals surface area (Å²) in [6.45, 7) is 1.81. The van der Waals surface area contributed by atoms with Crippen molar-refractivity contribution in [1.82, 2.24) is 4.98 Å². The Hall–Kier alpha value is -3.51. The number of fused-ring (bicyclic) bond motifs is 1. The van der Waals surface area contributed by atoms with Gasteiger partial charge in [-0.3, -0.25) is 4.79 Å². The van der Waals surface area contributed by atoms with Crippen LogP contribution in [-0.4, -0.2) is 23.0 Å². The lowest BCUT2D eigenvalue weighted by molar-refractivity contribution is -0.124. The van der Waals surface area contributed by atoms with Crippen LogP contribution in [0.25, 0.3) is 20.8 Å². The van der Waals surface area contributed by atoms with Gasteiger partial charge in [-0.25, -0.2) is 9.78 Å². The van der Waals surface area contributed by atoms with Gasteiger partial charge in [0.25, 0.3) is 5.91 Å². The molecule has 4 rings (SSSR count). The molecule has 5 nitrogen and oxygen atoms in total. The van der Waals surface area contributed by atoms with Gasteiger partial charge in [0.05, 0.1) is 15.8 Å². The second kappa shape index (κ2) is 8.88. The maximum atomic E-state index is 13.0. The highest BCUT2D eigenvalue weighted by molar-refractivity contribution is 7.21. The van der Waals surface area contributed by atoms with Crippen LogP contribution in [0.2, 0.25) is 0 Å². The lowest BCUT2D eigenvalue weighted by atomic mass is 10.1. The predicted octanol–water partition coefficient (Wildman–Crippen LogP) is 5.54. The summed E-state index contributed by atoms with van der Waals surface area (Å²) in [6, 6.07) is 24.1. The molecular weight excluding hydrogens is 396 g/mol. The van der Waals surface area contributed by atoms with Gasteiger partial charge >= 0.3 is 5.97 Å². The number of amides is 1. The number of aromatic nitrogens is 1. The normalized spacial score (nSPS) is 11.8. The van der Waals surface area contributed by atoms with Crippen LogP contribution in [0.5, 0.6) is 0 Å². The summed E-state index contributed by atoms with van der Waals surface area (Å²) in [5.41, 5.74) is 2.63. The van der Waals surface area contributed by atoms with Crippen LogP contribution in [0.1, 0.15) is 23.7 Å². The molecule has 0 saturated carbocycles. The van der Waals surface area contributed by atoms with Crippen molar-refractivity contribution in [1.29, 1.82) is 0 Å². The van der Waals surface area contributed by atoms with Gasteiger partial charge in [0.1, 0.15) is 5.01 Å². The van der Waals surface area contributed by atoms with Gasteiger partial charge in [0.15, 0.2) is 6.10 Å². The lowest BCUT2D eigenvalue weighted by Gasteiger charge is -2.17. The smallest absolute Gasteiger partial charge is 0.339 e. The van der Waals surface area contributed by atoms with Gasteiger partial charge < -0.3 is 10.1 Å². The first-order chi connectivity index (χ1) is 14.7. The molecule has 0 aliphatic rings. The number of benzene rings is 3. The monoisotopic (exact) mass is 416 g/mol. The zero-order valence-electron chi connectivity index (χ0n) is 16.4. The first-order valence-corrected chi connectivity index (χ1v) is 10.5. The van der Waals surface area contributed by atoms with Crippen molar-refractivity contribution in [2.45, 2.75) is 19.4 Å². The Morgan fingerprint density at radius 3 is 2.43 bits per heavy atom. The molecule has 0 fully saturated rings. The molecule has 0 aliphatic heterocycles. The van der Waals surface area contributed by atoms with Crippen molar-refractivity contribution in [3.63, 3.8) is 0 Å². The molecule has 0 aliphatic carbocycles. The topological polar surface area (TPSA) is 68.3 Å². The average Bonchev–Trinajstić information content (AvgIpc) is 3.22. The molecule has 1 heterocycles. The summed E-state index contributed by atoms with van der Waals surface area (Å²) >= 11 is 1.52. The Labute approximate surface area is 178 Å². The Bertz CT molecular complexity index is 1150. The van der Waals surface area contributed by atoms with Gasteiger partial charge in [-0.1, -0.05) is 55.5 Å². The number of ether oxygens (including phenoxy) is 1. The van der Waals surface area contributed by atoms with Crippen LogP contribution in [0.4, 0.5) is 5.69 Å². The van der Waals surface area contributed by atoms with E-state index in [2.05, 4.69) is 10.3 Å². The largest absolute Gasteiger partial charge is 0.449 e. The molecule has 1 atom stereocenters. The van der Waals surface area contributed by atoms with E-state index in [0.29, 0.717) is 23.2 Å². The minimum atomic E-state index is -0.888. The Kier molecular flexibility index (Phi) is 5.86. The number of carbonyl (C=O) groups is 2. The molecule has 4 aromatic rings. The average molecular weight is 417 g/mol. The molecular formula is C24H20N2O3S. The summed E-state index contributed by atoms with van der Waals surface area (Å²) < 4.78 is 6.63. The maximum Gasteiger partial charge on any atom is 0.339 e. The molecule has 0 bridgehead atoms. The lowest BCUT2D eigenvalue weighted by Crippen LogP contribution is -2.32. The molecule has 1 amide bonds. The van der Waals surface area contributed by atoms with Gasteiger partial charge in [0.2, 0.25) is 0 Å². The van der Waals surface area contributed by atoms with Gasteiger partial charge in [0, 0.05) is 11.3 Å². The van der Waals surface area contributed by atoms with E-state index in [1.807, 2.05) is 61.5 Å². The number of carbonyl (C=O) groups excluding carboxylic acids is 2. The fraction of sp³-hybridized carbons (Fsp3) is 0.125. The molecule has 1 N–H and O–H groups in total. The van der Waals surface area contributed by atoms with E-state index in [1.165, 1.54) is 11.3 Å².